The zero-order valence-corrected chi connectivity index (χ0v) is 13.4. The second-order valence-electron chi connectivity index (χ2n) is 5.07. The Kier molecular flexibility index (Phi) is 6.52. The van der Waals surface area contributed by atoms with Gasteiger partial charge in [-0.3, -0.25) is 4.79 Å². The zero-order valence-electron chi connectivity index (χ0n) is 11.8. The molecule has 1 amide bonds. The predicted molar refractivity (Wildman–Crippen MR) is 80.7 cm³/mol. The van der Waals surface area contributed by atoms with Crippen LogP contribution in [0.5, 0.6) is 0 Å². The summed E-state index contributed by atoms with van der Waals surface area (Å²) in [5.74, 6) is 0.0751. The van der Waals surface area contributed by atoms with Crippen molar-refractivity contribution in [2.24, 2.45) is 11.7 Å². The van der Waals surface area contributed by atoms with Gasteiger partial charge in [-0.15, -0.1) is 0 Å². The number of rotatable bonds is 7. The highest BCUT2D eigenvalue weighted by Crippen LogP contribution is 2.19. The molecular weight excluding hydrogens is 306 g/mol. The summed E-state index contributed by atoms with van der Waals surface area (Å²) in [4.78, 5) is 10.8. The molecule has 0 aliphatic carbocycles. The highest BCUT2D eigenvalue weighted by molar-refractivity contribution is 9.10. The first kappa shape index (κ1) is 16.2. The molecule has 0 heterocycles. The van der Waals surface area contributed by atoms with Crippen molar-refractivity contribution in [3.8, 4) is 0 Å². The van der Waals surface area contributed by atoms with Crippen LogP contribution in [0.15, 0.2) is 22.7 Å². The molecule has 0 fully saturated rings. The maximum absolute atomic E-state index is 10.8. The van der Waals surface area contributed by atoms with Gasteiger partial charge in [-0.2, -0.15) is 0 Å². The Labute approximate surface area is 123 Å². The number of carbonyl (C=O) groups is 1. The molecule has 0 saturated carbocycles. The number of hydrogen-bond acceptors (Lipinski definition) is 2. The minimum absolute atomic E-state index is 0.113. The van der Waals surface area contributed by atoms with Crippen molar-refractivity contribution in [2.75, 3.05) is 0 Å². The van der Waals surface area contributed by atoms with E-state index in [9.17, 15) is 4.79 Å². The van der Waals surface area contributed by atoms with Crippen molar-refractivity contribution in [1.82, 2.24) is 0 Å². The third-order valence-electron chi connectivity index (χ3n) is 3.45. The fourth-order valence-corrected chi connectivity index (χ4v) is 2.29. The highest BCUT2D eigenvalue weighted by Gasteiger charge is 2.14. The van der Waals surface area contributed by atoms with E-state index in [1.165, 1.54) is 11.1 Å². The van der Waals surface area contributed by atoms with Gasteiger partial charge in [0.25, 0.3) is 0 Å². The Hall–Kier alpha value is -0.870. The first-order valence-electron chi connectivity index (χ1n) is 6.55. The number of nitrogens with two attached hydrogens (primary N) is 1. The van der Waals surface area contributed by atoms with Gasteiger partial charge in [0.15, 0.2) is 0 Å². The van der Waals surface area contributed by atoms with Gasteiger partial charge >= 0.3 is 0 Å². The van der Waals surface area contributed by atoms with E-state index in [1.54, 1.807) is 0 Å². The fraction of sp³-hybridized carbons (Fsp3) is 0.533. The van der Waals surface area contributed by atoms with Gasteiger partial charge in [-0.05, 0) is 49.4 Å². The van der Waals surface area contributed by atoms with E-state index in [-0.39, 0.29) is 12.0 Å². The second kappa shape index (κ2) is 7.65. The van der Waals surface area contributed by atoms with Crippen LogP contribution in [0.4, 0.5) is 0 Å². The molecule has 0 aliphatic heterocycles. The monoisotopic (exact) mass is 327 g/mol. The number of aryl methyl sites for hydroxylation is 1. The number of halogens is 1. The van der Waals surface area contributed by atoms with Crippen molar-refractivity contribution < 1.29 is 9.53 Å². The van der Waals surface area contributed by atoms with E-state index >= 15 is 0 Å². The Morgan fingerprint density at radius 3 is 2.68 bits per heavy atom. The summed E-state index contributed by atoms with van der Waals surface area (Å²) >= 11 is 3.45. The van der Waals surface area contributed by atoms with Crippen LogP contribution in [0.1, 0.15) is 37.8 Å². The van der Waals surface area contributed by atoms with Crippen molar-refractivity contribution in [3.05, 3.63) is 33.8 Å². The molecule has 1 rings (SSSR count). The summed E-state index contributed by atoms with van der Waals surface area (Å²) in [6, 6.07) is 6.17. The first-order chi connectivity index (χ1) is 8.90. The maximum atomic E-state index is 10.8. The molecule has 0 aromatic heterocycles. The van der Waals surface area contributed by atoms with Gasteiger partial charge < -0.3 is 10.5 Å². The molecule has 106 valence electrons. The number of carbonyl (C=O) groups excluding carboxylic acids is 1. The summed E-state index contributed by atoms with van der Waals surface area (Å²) in [5, 5.41) is 0. The molecule has 1 aromatic rings. The largest absolute Gasteiger partial charge is 0.374 e. The van der Waals surface area contributed by atoms with E-state index in [0.29, 0.717) is 18.9 Å². The predicted octanol–water partition coefficient (Wildman–Crippen LogP) is 3.56. The van der Waals surface area contributed by atoms with Crippen molar-refractivity contribution in [2.45, 2.75) is 46.3 Å². The van der Waals surface area contributed by atoms with E-state index < -0.39 is 0 Å². The van der Waals surface area contributed by atoms with Crippen molar-refractivity contribution >= 4 is 21.8 Å². The topological polar surface area (TPSA) is 52.3 Å². The van der Waals surface area contributed by atoms with Crippen LogP contribution in [0.25, 0.3) is 0 Å². The summed E-state index contributed by atoms with van der Waals surface area (Å²) < 4.78 is 6.96. The van der Waals surface area contributed by atoms with E-state index in [2.05, 4.69) is 41.9 Å². The maximum Gasteiger partial charge on any atom is 0.217 e. The average molecular weight is 328 g/mol. The lowest BCUT2D eigenvalue weighted by Crippen LogP contribution is -2.21. The summed E-state index contributed by atoms with van der Waals surface area (Å²) in [5.41, 5.74) is 7.56. The van der Waals surface area contributed by atoms with Crippen LogP contribution in [0.3, 0.4) is 0 Å². The molecule has 0 aliphatic rings. The molecule has 0 spiro atoms. The molecule has 2 atom stereocenters. The molecule has 0 unspecified atom stereocenters. The molecule has 0 saturated heterocycles. The lowest BCUT2D eigenvalue weighted by molar-refractivity contribution is -0.118. The van der Waals surface area contributed by atoms with E-state index in [4.69, 9.17) is 10.5 Å². The fourth-order valence-electron chi connectivity index (χ4n) is 1.81. The SMILES string of the molecule is Cc1cc(Br)ccc1CO[C@H](C)[C@@H](C)CCC(N)=O. The number of benzene rings is 1. The van der Waals surface area contributed by atoms with E-state index in [1.807, 2.05) is 13.0 Å². The Balaban J connectivity index is 2.44. The molecule has 0 bridgehead atoms. The summed E-state index contributed by atoms with van der Waals surface area (Å²) in [6.45, 7) is 6.80. The third kappa shape index (κ3) is 5.74. The van der Waals surface area contributed by atoms with Crippen molar-refractivity contribution in [3.63, 3.8) is 0 Å². The smallest absolute Gasteiger partial charge is 0.217 e. The minimum Gasteiger partial charge on any atom is -0.374 e. The van der Waals surface area contributed by atoms with Crippen LogP contribution in [-0.4, -0.2) is 12.0 Å². The molecule has 2 N–H and O–H groups in total. The van der Waals surface area contributed by atoms with Crippen LogP contribution < -0.4 is 5.73 Å². The normalized spacial score (nSPS) is 14.1. The third-order valence-corrected chi connectivity index (χ3v) is 3.95. The Bertz CT molecular complexity index is 434. The molecule has 19 heavy (non-hydrogen) atoms. The molecule has 1 aromatic carbocycles. The Morgan fingerprint density at radius 1 is 1.42 bits per heavy atom. The number of ether oxygens (including phenoxy) is 1. The van der Waals surface area contributed by atoms with Gasteiger partial charge in [-0.25, -0.2) is 0 Å². The lowest BCUT2D eigenvalue weighted by Gasteiger charge is -2.20. The minimum atomic E-state index is -0.247. The van der Waals surface area contributed by atoms with Gasteiger partial charge in [0.1, 0.15) is 0 Å². The Morgan fingerprint density at radius 2 is 2.11 bits per heavy atom. The standard InChI is InChI=1S/C15H22BrNO2/c1-10(4-7-15(17)18)12(3)19-9-13-5-6-14(16)8-11(13)2/h5-6,8,10,12H,4,7,9H2,1-3H3,(H2,17,18)/t10-,12+/m0/s1. The van der Waals surface area contributed by atoms with Crippen LogP contribution in [-0.2, 0) is 16.1 Å². The summed E-state index contributed by atoms with van der Waals surface area (Å²) in [7, 11) is 0. The van der Waals surface area contributed by atoms with Crippen LogP contribution >= 0.6 is 15.9 Å². The van der Waals surface area contributed by atoms with Gasteiger partial charge in [0, 0.05) is 10.9 Å². The number of amides is 1. The van der Waals surface area contributed by atoms with Crippen molar-refractivity contribution in [1.29, 1.82) is 0 Å². The molecule has 4 heteroatoms. The van der Waals surface area contributed by atoms with Crippen LogP contribution in [0, 0.1) is 12.8 Å². The van der Waals surface area contributed by atoms with Gasteiger partial charge in [0.2, 0.25) is 5.91 Å². The quantitative estimate of drug-likeness (QED) is 0.832. The zero-order chi connectivity index (χ0) is 14.4. The average Bonchev–Trinajstić information content (AvgIpc) is 2.34. The molecular formula is C15H22BrNO2. The lowest BCUT2D eigenvalue weighted by atomic mass is 10.00. The molecule has 3 nitrogen and oxygen atoms in total. The van der Waals surface area contributed by atoms with E-state index in [0.717, 1.165) is 10.9 Å². The second-order valence-corrected chi connectivity index (χ2v) is 5.98. The highest BCUT2D eigenvalue weighted by atomic mass is 79.9. The van der Waals surface area contributed by atoms with Crippen LogP contribution in [0.2, 0.25) is 0 Å². The number of hydrogen-bond donors (Lipinski definition) is 1. The number of primary amides is 1. The van der Waals surface area contributed by atoms with Gasteiger partial charge in [-0.1, -0.05) is 28.9 Å². The van der Waals surface area contributed by atoms with Gasteiger partial charge in [0.05, 0.1) is 12.7 Å². The molecule has 0 radical (unpaired) electrons. The first-order valence-corrected chi connectivity index (χ1v) is 7.34. The summed E-state index contributed by atoms with van der Waals surface area (Å²) in [6.07, 6.45) is 1.31.